The summed E-state index contributed by atoms with van der Waals surface area (Å²) in [5.41, 5.74) is 0.0636. The number of para-hydroxylation sites is 1. The molecular weight excluding hydrogens is 268 g/mol. The van der Waals surface area contributed by atoms with Crippen LogP contribution >= 0.6 is 0 Å². The molecule has 2 rings (SSSR count). The molecule has 1 aromatic rings. The van der Waals surface area contributed by atoms with Crippen LogP contribution in [0.1, 0.15) is 16.8 Å². The van der Waals surface area contributed by atoms with Crippen LogP contribution in [0.15, 0.2) is 36.4 Å². The fourth-order valence-corrected chi connectivity index (χ4v) is 2.12. The van der Waals surface area contributed by atoms with Gasteiger partial charge in [0.2, 0.25) is 0 Å². The third kappa shape index (κ3) is 3.54. The number of hydrogen-bond donors (Lipinski definition) is 2. The molecule has 1 aliphatic rings. The van der Waals surface area contributed by atoms with Gasteiger partial charge in [0.1, 0.15) is 5.75 Å². The van der Waals surface area contributed by atoms with Gasteiger partial charge in [-0.1, -0.05) is 24.3 Å². The third-order valence-electron chi connectivity index (χ3n) is 3.07. The maximum absolute atomic E-state index is 12.3. The number of amides is 1. The monoisotopic (exact) mass is 283 g/mol. The average molecular weight is 283 g/mol. The number of benzene rings is 1. The number of hydrogen-bond acceptors (Lipinski definition) is 3. The van der Waals surface area contributed by atoms with Gasteiger partial charge in [-0.15, -0.1) is 0 Å². The molecule has 1 aliphatic carbocycles. The third-order valence-corrected chi connectivity index (χ3v) is 3.07. The summed E-state index contributed by atoms with van der Waals surface area (Å²) in [6, 6.07) is 5.64. The Hall–Kier alpha value is -1.95. The van der Waals surface area contributed by atoms with Crippen LogP contribution in [-0.2, 0) is 0 Å². The first-order valence-corrected chi connectivity index (χ1v) is 6.24. The van der Waals surface area contributed by atoms with E-state index in [1.54, 1.807) is 12.1 Å². The Balaban J connectivity index is 2.04. The lowest BCUT2D eigenvalue weighted by molar-refractivity contribution is -0.0501. The molecule has 1 aromatic carbocycles. The molecule has 4 nitrogen and oxygen atoms in total. The summed E-state index contributed by atoms with van der Waals surface area (Å²) in [5.74, 6) is -0.608. The van der Waals surface area contributed by atoms with Gasteiger partial charge in [-0.3, -0.25) is 4.79 Å². The minimum absolute atomic E-state index is 0.0212. The van der Waals surface area contributed by atoms with Gasteiger partial charge in [-0.25, -0.2) is 0 Å². The molecule has 6 heteroatoms. The van der Waals surface area contributed by atoms with E-state index in [1.165, 1.54) is 18.2 Å². The molecule has 0 heterocycles. The molecular formula is C14H15F2NO3. The second-order valence-electron chi connectivity index (χ2n) is 4.52. The van der Waals surface area contributed by atoms with Gasteiger partial charge in [0.05, 0.1) is 5.56 Å². The quantitative estimate of drug-likeness (QED) is 0.812. The molecule has 1 amide bonds. The summed E-state index contributed by atoms with van der Waals surface area (Å²) in [5, 5.41) is 11.7. The zero-order chi connectivity index (χ0) is 14.5. The number of alkyl halides is 2. The predicted molar refractivity (Wildman–Crippen MR) is 68.7 cm³/mol. The summed E-state index contributed by atoms with van der Waals surface area (Å²) >= 11 is 0. The average Bonchev–Trinajstić information content (AvgIpc) is 2.86. The van der Waals surface area contributed by atoms with Gasteiger partial charge in [0.15, 0.2) is 0 Å². The number of halogens is 2. The van der Waals surface area contributed by atoms with Crippen molar-refractivity contribution in [1.82, 2.24) is 5.32 Å². The highest BCUT2D eigenvalue weighted by Crippen LogP contribution is 2.22. The van der Waals surface area contributed by atoms with E-state index < -0.39 is 12.5 Å². The fourth-order valence-electron chi connectivity index (χ4n) is 2.12. The first-order valence-electron chi connectivity index (χ1n) is 6.24. The molecule has 0 bridgehead atoms. The molecule has 0 saturated carbocycles. The molecule has 0 fully saturated rings. The number of aliphatic hydroxyl groups is 1. The van der Waals surface area contributed by atoms with E-state index in [0.29, 0.717) is 6.42 Å². The topological polar surface area (TPSA) is 58.6 Å². The molecule has 108 valence electrons. The molecule has 0 radical (unpaired) electrons. The van der Waals surface area contributed by atoms with E-state index in [2.05, 4.69) is 10.1 Å². The summed E-state index contributed by atoms with van der Waals surface area (Å²) in [6.45, 7) is -2.96. The van der Waals surface area contributed by atoms with Crippen LogP contribution < -0.4 is 10.1 Å². The van der Waals surface area contributed by atoms with Gasteiger partial charge >= 0.3 is 6.61 Å². The smallest absolute Gasteiger partial charge is 0.387 e. The van der Waals surface area contributed by atoms with Crippen LogP contribution in [0.25, 0.3) is 0 Å². The molecule has 0 aromatic heterocycles. The van der Waals surface area contributed by atoms with E-state index >= 15 is 0 Å². The molecule has 2 N–H and O–H groups in total. The Morgan fingerprint density at radius 2 is 2.15 bits per heavy atom. The molecule has 0 spiro atoms. The normalized spacial score (nSPS) is 21.2. The predicted octanol–water partition coefficient (Wildman–Crippen LogP) is 1.95. The first-order chi connectivity index (χ1) is 9.60. The number of rotatable bonds is 5. The minimum atomic E-state index is -2.98. The van der Waals surface area contributed by atoms with E-state index in [-0.39, 0.29) is 29.9 Å². The van der Waals surface area contributed by atoms with E-state index in [4.69, 9.17) is 5.11 Å². The van der Waals surface area contributed by atoms with Crippen molar-refractivity contribution in [3.63, 3.8) is 0 Å². The molecule has 2 atom stereocenters. The second kappa shape index (κ2) is 6.47. The van der Waals surface area contributed by atoms with Crippen LogP contribution in [0.2, 0.25) is 0 Å². The number of carbonyl (C=O) groups excluding carboxylic acids is 1. The first kappa shape index (κ1) is 14.5. The number of carbonyl (C=O) groups is 1. The Kier molecular flexibility index (Phi) is 4.68. The van der Waals surface area contributed by atoms with Crippen molar-refractivity contribution in [3.8, 4) is 5.75 Å². The molecule has 0 aliphatic heterocycles. The lowest BCUT2D eigenvalue weighted by atomic mass is 10.1. The van der Waals surface area contributed by atoms with Crippen molar-refractivity contribution >= 4 is 5.91 Å². The van der Waals surface area contributed by atoms with Crippen molar-refractivity contribution in [1.29, 1.82) is 0 Å². The van der Waals surface area contributed by atoms with Gasteiger partial charge in [-0.2, -0.15) is 8.78 Å². The maximum atomic E-state index is 12.3. The largest absolute Gasteiger partial charge is 0.434 e. The Bertz CT molecular complexity index is 505. The van der Waals surface area contributed by atoms with Gasteiger partial charge < -0.3 is 15.2 Å². The Labute approximate surface area is 115 Å². The molecule has 20 heavy (non-hydrogen) atoms. The number of nitrogens with one attached hydrogen (secondary N) is 1. The van der Waals surface area contributed by atoms with Crippen LogP contribution in [0.4, 0.5) is 8.78 Å². The maximum Gasteiger partial charge on any atom is 0.387 e. The summed E-state index contributed by atoms with van der Waals surface area (Å²) in [6.07, 6.45) is 4.21. The van der Waals surface area contributed by atoms with Crippen molar-refractivity contribution < 1.29 is 23.4 Å². The van der Waals surface area contributed by atoms with Gasteiger partial charge in [0.25, 0.3) is 5.91 Å². The molecule has 0 unspecified atom stereocenters. The Morgan fingerprint density at radius 3 is 2.80 bits per heavy atom. The highest BCUT2D eigenvalue weighted by atomic mass is 19.3. The lowest BCUT2D eigenvalue weighted by Gasteiger charge is -2.15. The number of ether oxygens (including phenoxy) is 1. The van der Waals surface area contributed by atoms with Crippen LogP contribution in [-0.4, -0.2) is 30.3 Å². The van der Waals surface area contributed by atoms with Crippen LogP contribution in [0.5, 0.6) is 5.75 Å². The van der Waals surface area contributed by atoms with Crippen molar-refractivity contribution in [2.24, 2.45) is 5.92 Å². The Morgan fingerprint density at radius 1 is 1.40 bits per heavy atom. The SMILES string of the molecule is O=C(N[C@@H]1C=C[C@H](CO)C1)c1ccccc1OC(F)F. The van der Waals surface area contributed by atoms with Crippen LogP contribution in [0.3, 0.4) is 0 Å². The lowest BCUT2D eigenvalue weighted by Crippen LogP contribution is -2.33. The number of aliphatic hydroxyl groups excluding tert-OH is 1. The zero-order valence-electron chi connectivity index (χ0n) is 10.6. The van der Waals surface area contributed by atoms with Crippen molar-refractivity contribution in [2.45, 2.75) is 19.1 Å². The highest BCUT2D eigenvalue weighted by molar-refractivity contribution is 5.97. The van der Waals surface area contributed by atoms with E-state index in [1.807, 2.05) is 6.08 Å². The van der Waals surface area contributed by atoms with Crippen molar-refractivity contribution in [3.05, 3.63) is 42.0 Å². The van der Waals surface area contributed by atoms with E-state index in [9.17, 15) is 13.6 Å². The highest BCUT2D eigenvalue weighted by Gasteiger charge is 2.22. The molecule has 0 saturated heterocycles. The van der Waals surface area contributed by atoms with Crippen molar-refractivity contribution in [2.75, 3.05) is 6.61 Å². The minimum Gasteiger partial charge on any atom is -0.434 e. The van der Waals surface area contributed by atoms with Gasteiger partial charge in [0, 0.05) is 18.6 Å². The van der Waals surface area contributed by atoms with E-state index in [0.717, 1.165) is 0 Å². The summed E-state index contributed by atoms with van der Waals surface area (Å²) < 4.78 is 28.9. The van der Waals surface area contributed by atoms with Crippen LogP contribution in [0, 0.1) is 5.92 Å². The zero-order valence-corrected chi connectivity index (χ0v) is 10.6. The summed E-state index contributed by atoms with van der Waals surface area (Å²) in [7, 11) is 0. The fraction of sp³-hybridized carbons (Fsp3) is 0.357. The van der Waals surface area contributed by atoms with Gasteiger partial charge in [-0.05, 0) is 18.6 Å². The standard InChI is InChI=1S/C14H15F2NO3/c15-14(16)20-12-4-2-1-3-11(12)13(19)17-10-6-5-9(7-10)8-18/h1-6,9-10,14,18H,7-8H2,(H,17,19)/t9-,10+/m0/s1. The summed E-state index contributed by atoms with van der Waals surface area (Å²) in [4.78, 5) is 12.1. The second-order valence-corrected chi connectivity index (χ2v) is 4.52.